The molecule has 2 fully saturated rings. The fourth-order valence-corrected chi connectivity index (χ4v) is 4.49. The van der Waals surface area contributed by atoms with Crippen molar-refractivity contribution in [2.24, 2.45) is 17.3 Å². The van der Waals surface area contributed by atoms with Crippen LogP contribution in [0, 0.1) is 17.3 Å². The Morgan fingerprint density at radius 1 is 1.38 bits per heavy atom. The fourth-order valence-electron chi connectivity index (χ4n) is 3.88. The highest BCUT2D eigenvalue weighted by atomic mass is 32.2. The van der Waals surface area contributed by atoms with Gasteiger partial charge in [0.05, 0.1) is 0 Å². The van der Waals surface area contributed by atoms with E-state index < -0.39 is 0 Å². The van der Waals surface area contributed by atoms with E-state index in [0.717, 1.165) is 11.8 Å². The summed E-state index contributed by atoms with van der Waals surface area (Å²) in [4.78, 5) is 0. The second kappa shape index (κ2) is 5.30. The molecule has 2 rings (SSSR count). The Hall–Kier alpha value is 0.310. The van der Waals surface area contributed by atoms with Crippen LogP contribution in [-0.4, -0.2) is 24.6 Å². The van der Waals surface area contributed by atoms with Gasteiger partial charge in [-0.1, -0.05) is 20.3 Å². The number of hydrogen-bond donors (Lipinski definition) is 1. The molecular formula is C14H27NS. The summed E-state index contributed by atoms with van der Waals surface area (Å²) in [5, 5.41) is 3.71. The lowest BCUT2D eigenvalue weighted by Crippen LogP contribution is -2.41. The smallest absolute Gasteiger partial charge is 0.00132 e. The highest BCUT2D eigenvalue weighted by Crippen LogP contribution is 2.57. The highest BCUT2D eigenvalue weighted by Gasteiger charge is 2.49. The molecule has 0 amide bonds. The molecule has 0 spiro atoms. The molecule has 2 saturated carbocycles. The predicted octanol–water partition coefficient (Wildman–Crippen LogP) is 3.54. The SMILES string of the molecule is CSCCC1(CNC(C)C)CC2CCC1C2. The minimum Gasteiger partial charge on any atom is -0.314 e. The standard InChI is InChI=1S/C14H27NS/c1-11(2)15-10-14(6-7-16-3)9-12-4-5-13(14)8-12/h11-13,15H,4-10H2,1-3H3. The first kappa shape index (κ1) is 12.8. The maximum Gasteiger partial charge on any atom is 0.00132 e. The van der Waals surface area contributed by atoms with Gasteiger partial charge in [-0.3, -0.25) is 0 Å². The summed E-state index contributed by atoms with van der Waals surface area (Å²) in [6.07, 6.45) is 9.77. The minimum atomic E-state index is 0.644. The topological polar surface area (TPSA) is 12.0 Å². The summed E-state index contributed by atoms with van der Waals surface area (Å²) < 4.78 is 0. The van der Waals surface area contributed by atoms with Crippen molar-refractivity contribution in [2.45, 2.75) is 52.0 Å². The Morgan fingerprint density at radius 3 is 2.69 bits per heavy atom. The number of fused-ring (bicyclic) bond motifs is 2. The van der Waals surface area contributed by atoms with Gasteiger partial charge >= 0.3 is 0 Å². The Kier molecular flexibility index (Phi) is 4.23. The molecule has 0 saturated heterocycles. The second-order valence-electron chi connectivity index (χ2n) is 6.22. The van der Waals surface area contributed by atoms with Crippen molar-refractivity contribution in [3.63, 3.8) is 0 Å². The van der Waals surface area contributed by atoms with Gasteiger partial charge in [-0.05, 0) is 54.9 Å². The largest absolute Gasteiger partial charge is 0.314 e. The van der Waals surface area contributed by atoms with Crippen LogP contribution in [0.2, 0.25) is 0 Å². The molecule has 0 aromatic rings. The number of rotatable bonds is 6. The summed E-state index contributed by atoms with van der Waals surface area (Å²) in [5.74, 6) is 3.46. The molecule has 1 nitrogen and oxygen atoms in total. The van der Waals surface area contributed by atoms with Gasteiger partial charge < -0.3 is 5.32 Å². The van der Waals surface area contributed by atoms with E-state index in [1.165, 1.54) is 44.4 Å². The average molecular weight is 241 g/mol. The molecule has 2 bridgehead atoms. The van der Waals surface area contributed by atoms with E-state index in [0.29, 0.717) is 11.5 Å². The van der Waals surface area contributed by atoms with Gasteiger partial charge in [-0.25, -0.2) is 0 Å². The predicted molar refractivity (Wildman–Crippen MR) is 74.0 cm³/mol. The average Bonchev–Trinajstić information content (AvgIpc) is 2.84. The van der Waals surface area contributed by atoms with Crippen LogP contribution >= 0.6 is 11.8 Å². The third-order valence-electron chi connectivity index (χ3n) is 4.77. The molecule has 1 N–H and O–H groups in total. The lowest BCUT2D eigenvalue weighted by molar-refractivity contribution is 0.148. The van der Waals surface area contributed by atoms with Crippen LogP contribution < -0.4 is 5.32 Å². The van der Waals surface area contributed by atoms with Gasteiger partial charge in [0.15, 0.2) is 0 Å². The van der Waals surface area contributed by atoms with Crippen molar-refractivity contribution in [3.8, 4) is 0 Å². The van der Waals surface area contributed by atoms with E-state index in [-0.39, 0.29) is 0 Å². The first-order valence-electron chi connectivity index (χ1n) is 6.88. The minimum absolute atomic E-state index is 0.644. The molecule has 0 aromatic carbocycles. The molecule has 0 radical (unpaired) electrons. The maximum absolute atomic E-state index is 3.71. The molecule has 94 valence electrons. The molecular weight excluding hydrogens is 214 g/mol. The molecule has 2 heteroatoms. The lowest BCUT2D eigenvalue weighted by atomic mass is 9.71. The van der Waals surface area contributed by atoms with Crippen molar-refractivity contribution >= 4 is 11.8 Å². The zero-order valence-electron chi connectivity index (χ0n) is 11.1. The molecule has 0 aromatic heterocycles. The zero-order valence-corrected chi connectivity index (χ0v) is 11.9. The number of thioether (sulfide) groups is 1. The Labute approximate surface area is 105 Å². The van der Waals surface area contributed by atoms with E-state index >= 15 is 0 Å². The monoisotopic (exact) mass is 241 g/mol. The van der Waals surface area contributed by atoms with Crippen molar-refractivity contribution in [2.75, 3.05) is 18.6 Å². The molecule has 16 heavy (non-hydrogen) atoms. The molecule has 0 heterocycles. The molecule has 3 unspecified atom stereocenters. The molecule has 0 aliphatic heterocycles. The number of nitrogens with one attached hydrogen (secondary N) is 1. The fraction of sp³-hybridized carbons (Fsp3) is 1.00. The van der Waals surface area contributed by atoms with Crippen LogP contribution in [0.4, 0.5) is 0 Å². The van der Waals surface area contributed by atoms with E-state index in [1.54, 1.807) is 0 Å². The van der Waals surface area contributed by atoms with Gasteiger partial charge in [0.25, 0.3) is 0 Å². The third kappa shape index (κ3) is 2.59. The summed E-state index contributed by atoms with van der Waals surface area (Å²) >= 11 is 2.02. The first-order chi connectivity index (χ1) is 7.66. The Morgan fingerprint density at radius 2 is 2.19 bits per heavy atom. The van der Waals surface area contributed by atoms with E-state index in [4.69, 9.17) is 0 Å². The molecule has 3 atom stereocenters. The van der Waals surface area contributed by atoms with Crippen LogP contribution in [0.1, 0.15) is 46.0 Å². The van der Waals surface area contributed by atoms with Gasteiger partial charge in [0.1, 0.15) is 0 Å². The summed E-state index contributed by atoms with van der Waals surface area (Å²) in [5.41, 5.74) is 0.663. The second-order valence-corrected chi connectivity index (χ2v) is 7.21. The van der Waals surface area contributed by atoms with Gasteiger partial charge in [0.2, 0.25) is 0 Å². The van der Waals surface area contributed by atoms with Gasteiger partial charge in [-0.15, -0.1) is 0 Å². The summed E-state index contributed by atoms with van der Waals surface area (Å²) in [6.45, 7) is 5.82. The quantitative estimate of drug-likeness (QED) is 0.763. The highest BCUT2D eigenvalue weighted by molar-refractivity contribution is 7.98. The van der Waals surface area contributed by atoms with E-state index in [2.05, 4.69) is 25.4 Å². The summed E-state index contributed by atoms with van der Waals surface area (Å²) in [7, 11) is 0. The Bertz CT molecular complexity index is 229. The van der Waals surface area contributed by atoms with Crippen LogP contribution in [0.5, 0.6) is 0 Å². The third-order valence-corrected chi connectivity index (χ3v) is 5.38. The normalized spacial score (nSPS) is 37.5. The maximum atomic E-state index is 3.71. The van der Waals surface area contributed by atoms with Crippen molar-refractivity contribution < 1.29 is 0 Å². The van der Waals surface area contributed by atoms with Crippen LogP contribution in [0.15, 0.2) is 0 Å². The van der Waals surface area contributed by atoms with Crippen LogP contribution in [-0.2, 0) is 0 Å². The van der Waals surface area contributed by atoms with Crippen molar-refractivity contribution in [3.05, 3.63) is 0 Å². The van der Waals surface area contributed by atoms with Gasteiger partial charge in [0, 0.05) is 12.6 Å². The summed E-state index contributed by atoms with van der Waals surface area (Å²) in [6, 6.07) is 0.644. The lowest BCUT2D eigenvalue weighted by Gasteiger charge is -2.39. The molecule has 2 aliphatic carbocycles. The van der Waals surface area contributed by atoms with Gasteiger partial charge in [-0.2, -0.15) is 11.8 Å². The van der Waals surface area contributed by atoms with Crippen molar-refractivity contribution in [1.82, 2.24) is 5.32 Å². The van der Waals surface area contributed by atoms with Crippen LogP contribution in [0.25, 0.3) is 0 Å². The first-order valence-corrected chi connectivity index (χ1v) is 8.28. The Balaban J connectivity index is 1.96. The van der Waals surface area contributed by atoms with Crippen LogP contribution in [0.3, 0.4) is 0 Å². The van der Waals surface area contributed by atoms with Crippen molar-refractivity contribution in [1.29, 1.82) is 0 Å². The van der Waals surface area contributed by atoms with E-state index in [1.807, 2.05) is 11.8 Å². The molecule has 2 aliphatic rings. The zero-order chi connectivity index (χ0) is 11.6. The van der Waals surface area contributed by atoms with E-state index in [9.17, 15) is 0 Å². The number of hydrogen-bond acceptors (Lipinski definition) is 2.